The zero-order chi connectivity index (χ0) is 13.0. The Morgan fingerprint density at radius 1 is 1.24 bits per heavy atom. The highest BCUT2D eigenvalue weighted by Crippen LogP contribution is 2.32. The molecule has 1 saturated carbocycles. The van der Waals surface area contributed by atoms with Crippen molar-refractivity contribution in [1.82, 2.24) is 10.6 Å². The Balaban J connectivity index is 2.26. The van der Waals surface area contributed by atoms with Crippen molar-refractivity contribution in [1.29, 1.82) is 0 Å². The third-order valence-electron chi connectivity index (χ3n) is 2.85. The lowest BCUT2D eigenvalue weighted by molar-refractivity contribution is -0.129. The van der Waals surface area contributed by atoms with Gasteiger partial charge in [-0.05, 0) is 39.5 Å². The molecule has 98 valence electrons. The largest absolute Gasteiger partial charge is 0.352 e. The number of carbonyl (C=O) groups is 2. The molecule has 0 spiro atoms. The lowest BCUT2D eigenvalue weighted by Gasteiger charge is -2.17. The van der Waals surface area contributed by atoms with Crippen LogP contribution in [-0.2, 0) is 9.59 Å². The van der Waals surface area contributed by atoms with E-state index in [1.54, 1.807) is 6.92 Å². The van der Waals surface area contributed by atoms with E-state index in [2.05, 4.69) is 10.6 Å². The molecule has 0 aromatic carbocycles. The van der Waals surface area contributed by atoms with Crippen molar-refractivity contribution in [3.63, 3.8) is 0 Å². The van der Waals surface area contributed by atoms with E-state index in [0.717, 1.165) is 12.8 Å². The highest BCUT2D eigenvalue weighted by molar-refractivity contribution is 5.87. The van der Waals surface area contributed by atoms with Gasteiger partial charge in [0.25, 0.3) is 0 Å². The van der Waals surface area contributed by atoms with E-state index < -0.39 is 6.04 Å². The normalized spacial score (nSPS) is 18.6. The molecule has 2 atom stereocenters. The maximum absolute atomic E-state index is 11.6. The average molecular weight is 241 g/mol. The number of hydrogen-bond donors (Lipinski definition) is 3. The van der Waals surface area contributed by atoms with Crippen molar-refractivity contribution in [2.45, 2.75) is 58.2 Å². The van der Waals surface area contributed by atoms with Crippen LogP contribution in [0.25, 0.3) is 0 Å². The Labute approximate surface area is 103 Å². The molecule has 2 amide bonds. The van der Waals surface area contributed by atoms with E-state index in [1.165, 1.54) is 0 Å². The third-order valence-corrected chi connectivity index (χ3v) is 2.85. The number of amides is 2. The summed E-state index contributed by atoms with van der Waals surface area (Å²) in [5, 5.41) is 5.42. The number of rotatable bonds is 6. The van der Waals surface area contributed by atoms with E-state index in [0.29, 0.717) is 12.3 Å². The van der Waals surface area contributed by atoms with Crippen molar-refractivity contribution in [2.75, 3.05) is 0 Å². The molecule has 1 rings (SSSR count). The predicted octanol–water partition coefficient (Wildman–Crippen LogP) is 0.143. The van der Waals surface area contributed by atoms with Gasteiger partial charge in [-0.3, -0.25) is 9.59 Å². The highest BCUT2D eigenvalue weighted by atomic mass is 16.2. The molecule has 1 aliphatic carbocycles. The first-order chi connectivity index (χ1) is 7.90. The van der Waals surface area contributed by atoms with E-state index in [4.69, 9.17) is 5.73 Å². The SMILES string of the molecule is CC(C)NC(=O)C(C)NC(=O)CC(N)C1CC1. The Kier molecular flexibility index (Phi) is 4.93. The van der Waals surface area contributed by atoms with Crippen molar-refractivity contribution < 1.29 is 9.59 Å². The van der Waals surface area contributed by atoms with Gasteiger partial charge in [-0.15, -0.1) is 0 Å². The third kappa shape index (κ3) is 5.17. The Bertz CT molecular complexity index is 287. The molecule has 1 aliphatic rings. The molecule has 0 radical (unpaired) electrons. The van der Waals surface area contributed by atoms with Gasteiger partial charge in [-0.25, -0.2) is 0 Å². The van der Waals surface area contributed by atoms with Gasteiger partial charge in [0.05, 0.1) is 0 Å². The summed E-state index contributed by atoms with van der Waals surface area (Å²) >= 11 is 0. The van der Waals surface area contributed by atoms with Crippen LogP contribution in [0.2, 0.25) is 0 Å². The molecule has 5 nitrogen and oxygen atoms in total. The highest BCUT2D eigenvalue weighted by Gasteiger charge is 2.30. The number of nitrogens with one attached hydrogen (secondary N) is 2. The minimum absolute atomic E-state index is 0.0599. The average Bonchev–Trinajstić information content (AvgIpc) is 2.98. The summed E-state index contributed by atoms with van der Waals surface area (Å²) in [6.07, 6.45) is 2.56. The van der Waals surface area contributed by atoms with Crippen molar-refractivity contribution in [3.05, 3.63) is 0 Å². The van der Waals surface area contributed by atoms with Crippen LogP contribution in [0.1, 0.15) is 40.0 Å². The van der Waals surface area contributed by atoms with E-state index in [1.807, 2.05) is 13.8 Å². The van der Waals surface area contributed by atoms with Gasteiger partial charge in [0, 0.05) is 18.5 Å². The summed E-state index contributed by atoms with van der Waals surface area (Å²) in [5.74, 6) is 0.199. The fourth-order valence-electron chi connectivity index (χ4n) is 1.68. The molecule has 0 heterocycles. The fraction of sp³-hybridized carbons (Fsp3) is 0.833. The molecule has 5 heteroatoms. The summed E-state index contributed by atoms with van der Waals surface area (Å²) in [5.41, 5.74) is 5.85. The maximum Gasteiger partial charge on any atom is 0.242 e. The second-order valence-corrected chi connectivity index (χ2v) is 5.16. The van der Waals surface area contributed by atoms with E-state index in [-0.39, 0.29) is 23.9 Å². The predicted molar refractivity (Wildman–Crippen MR) is 66.2 cm³/mol. The zero-order valence-electron chi connectivity index (χ0n) is 10.8. The van der Waals surface area contributed by atoms with Gasteiger partial charge in [-0.2, -0.15) is 0 Å². The smallest absolute Gasteiger partial charge is 0.242 e. The van der Waals surface area contributed by atoms with Gasteiger partial charge < -0.3 is 16.4 Å². The molecule has 0 aliphatic heterocycles. The Morgan fingerprint density at radius 3 is 2.29 bits per heavy atom. The standard InChI is InChI=1S/C12H23N3O2/c1-7(2)14-12(17)8(3)15-11(16)6-10(13)9-4-5-9/h7-10H,4-6,13H2,1-3H3,(H,14,17)(H,15,16). The minimum Gasteiger partial charge on any atom is -0.352 e. The molecular weight excluding hydrogens is 218 g/mol. The lowest BCUT2D eigenvalue weighted by Crippen LogP contribution is -2.47. The van der Waals surface area contributed by atoms with Crippen LogP contribution in [0.15, 0.2) is 0 Å². The van der Waals surface area contributed by atoms with Crippen LogP contribution in [-0.4, -0.2) is 29.9 Å². The second-order valence-electron chi connectivity index (χ2n) is 5.16. The van der Waals surface area contributed by atoms with E-state index >= 15 is 0 Å². The molecule has 0 aromatic heterocycles. The maximum atomic E-state index is 11.6. The van der Waals surface area contributed by atoms with Crippen LogP contribution in [0.3, 0.4) is 0 Å². The van der Waals surface area contributed by atoms with Crippen LogP contribution >= 0.6 is 0 Å². The topological polar surface area (TPSA) is 84.2 Å². The summed E-state index contributed by atoms with van der Waals surface area (Å²) in [7, 11) is 0. The van der Waals surface area contributed by atoms with Crippen LogP contribution in [0.4, 0.5) is 0 Å². The van der Waals surface area contributed by atoms with Gasteiger partial charge in [-0.1, -0.05) is 0 Å². The molecule has 0 aromatic rings. The van der Waals surface area contributed by atoms with Gasteiger partial charge in [0.2, 0.25) is 11.8 Å². The van der Waals surface area contributed by atoms with Crippen LogP contribution in [0, 0.1) is 5.92 Å². The van der Waals surface area contributed by atoms with Gasteiger partial charge >= 0.3 is 0 Å². The molecular formula is C12H23N3O2. The first-order valence-corrected chi connectivity index (χ1v) is 6.25. The monoisotopic (exact) mass is 241 g/mol. The van der Waals surface area contributed by atoms with Crippen molar-refractivity contribution in [3.8, 4) is 0 Å². The fourth-order valence-corrected chi connectivity index (χ4v) is 1.68. The first kappa shape index (κ1) is 14.0. The first-order valence-electron chi connectivity index (χ1n) is 6.25. The van der Waals surface area contributed by atoms with Gasteiger partial charge in [0.1, 0.15) is 6.04 Å². The van der Waals surface area contributed by atoms with Crippen molar-refractivity contribution >= 4 is 11.8 Å². The van der Waals surface area contributed by atoms with Crippen LogP contribution in [0.5, 0.6) is 0 Å². The summed E-state index contributed by atoms with van der Waals surface area (Å²) in [6.45, 7) is 5.45. The zero-order valence-corrected chi connectivity index (χ0v) is 10.8. The number of nitrogens with two attached hydrogens (primary N) is 1. The van der Waals surface area contributed by atoms with E-state index in [9.17, 15) is 9.59 Å². The quantitative estimate of drug-likeness (QED) is 0.618. The number of hydrogen-bond acceptors (Lipinski definition) is 3. The summed E-state index contributed by atoms with van der Waals surface area (Å²) in [6, 6.07) is -0.484. The molecule has 17 heavy (non-hydrogen) atoms. The lowest BCUT2D eigenvalue weighted by atomic mass is 10.1. The summed E-state index contributed by atoms with van der Waals surface area (Å²) in [4.78, 5) is 23.2. The molecule has 4 N–H and O–H groups in total. The minimum atomic E-state index is -0.503. The molecule has 0 bridgehead atoms. The Morgan fingerprint density at radius 2 is 1.82 bits per heavy atom. The Hall–Kier alpha value is -1.10. The molecule has 1 fully saturated rings. The van der Waals surface area contributed by atoms with Crippen LogP contribution < -0.4 is 16.4 Å². The second kappa shape index (κ2) is 6.00. The molecule has 0 saturated heterocycles. The molecule has 2 unspecified atom stereocenters. The summed E-state index contributed by atoms with van der Waals surface area (Å²) < 4.78 is 0. The number of carbonyl (C=O) groups excluding carboxylic acids is 2. The van der Waals surface area contributed by atoms with Crippen molar-refractivity contribution in [2.24, 2.45) is 11.7 Å². The van der Waals surface area contributed by atoms with Gasteiger partial charge in [0.15, 0.2) is 0 Å².